The molecule has 2 N–H and O–H groups in total. The molecule has 0 fully saturated rings. The van der Waals surface area contributed by atoms with Gasteiger partial charge in [-0.1, -0.05) is 0 Å². The van der Waals surface area contributed by atoms with Crippen molar-refractivity contribution in [3.8, 4) is 0 Å². The summed E-state index contributed by atoms with van der Waals surface area (Å²) in [4.78, 5) is 12.1. The second kappa shape index (κ2) is 7.24. The molecule has 2 heterocycles. The Hall–Kier alpha value is -2.11. The van der Waals surface area contributed by atoms with Crippen LogP contribution in [-0.2, 0) is 17.8 Å². The third-order valence-corrected chi connectivity index (χ3v) is 3.97. The third-order valence-electron chi connectivity index (χ3n) is 3.97. The summed E-state index contributed by atoms with van der Waals surface area (Å²) in [7, 11) is 0. The first-order chi connectivity index (χ1) is 10.5. The minimum Gasteiger partial charge on any atom is -0.349 e. The third kappa shape index (κ3) is 3.75. The molecule has 2 aromatic heterocycles. The van der Waals surface area contributed by atoms with Crippen molar-refractivity contribution in [2.45, 2.75) is 59.5 Å². The summed E-state index contributed by atoms with van der Waals surface area (Å²) in [5.74, 6) is 0.0824. The molecule has 2 aromatic rings. The SMILES string of the molecule is CCn1nc(C)c([C@@H](C)NC(=O)CCCc2cn[nH]c2)c1C. The molecule has 0 aromatic carbocycles. The van der Waals surface area contributed by atoms with Gasteiger partial charge in [-0.15, -0.1) is 0 Å². The fourth-order valence-electron chi connectivity index (χ4n) is 2.90. The van der Waals surface area contributed by atoms with Crippen molar-refractivity contribution in [1.29, 1.82) is 0 Å². The zero-order valence-electron chi connectivity index (χ0n) is 13.8. The fraction of sp³-hybridized carbons (Fsp3) is 0.562. The van der Waals surface area contributed by atoms with Crippen molar-refractivity contribution in [1.82, 2.24) is 25.3 Å². The standard InChI is InChI=1S/C16H25N5O/c1-5-21-13(4)16(12(3)20-21)11(2)19-15(22)8-6-7-14-9-17-18-10-14/h9-11H,5-8H2,1-4H3,(H,17,18)(H,19,22)/t11-/m1/s1. The highest BCUT2D eigenvalue weighted by molar-refractivity contribution is 5.76. The Morgan fingerprint density at radius 2 is 2.23 bits per heavy atom. The lowest BCUT2D eigenvalue weighted by atomic mass is 10.1. The van der Waals surface area contributed by atoms with E-state index in [1.54, 1.807) is 6.20 Å². The number of aromatic amines is 1. The maximum absolute atomic E-state index is 12.1. The van der Waals surface area contributed by atoms with Crippen LogP contribution in [0.1, 0.15) is 55.2 Å². The summed E-state index contributed by atoms with van der Waals surface area (Å²) >= 11 is 0. The van der Waals surface area contributed by atoms with Crippen LogP contribution in [0.3, 0.4) is 0 Å². The number of carbonyl (C=O) groups excluding carboxylic acids is 1. The molecule has 6 nitrogen and oxygen atoms in total. The van der Waals surface area contributed by atoms with Crippen LogP contribution in [0.5, 0.6) is 0 Å². The van der Waals surface area contributed by atoms with E-state index in [-0.39, 0.29) is 11.9 Å². The quantitative estimate of drug-likeness (QED) is 0.825. The van der Waals surface area contributed by atoms with Gasteiger partial charge in [0, 0.05) is 30.4 Å². The molecule has 0 saturated heterocycles. The predicted molar refractivity (Wildman–Crippen MR) is 85.5 cm³/mol. The van der Waals surface area contributed by atoms with Crippen molar-refractivity contribution >= 4 is 5.91 Å². The van der Waals surface area contributed by atoms with Crippen LogP contribution in [0.25, 0.3) is 0 Å². The van der Waals surface area contributed by atoms with Gasteiger partial charge in [0.1, 0.15) is 0 Å². The van der Waals surface area contributed by atoms with Crippen LogP contribution >= 0.6 is 0 Å². The number of rotatable bonds is 7. The lowest BCUT2D eigenvalue weighted by Crippen LogP contribution is -2.27. The van der Waals surface area contributed by atoms with Gasteiger partial charge in [-0.2, -0.15) is 10.2 Å². The van der Waals surface area contributed by atoms with Crippen molar-refractivity contribution in [3.05, 3.63) is 34.9 Å². The van der Waals surface area contributed by atoms with E-state index in [1.807, 2.05) is 24.7 Å². The second-order valence-electron chi connectivity index (χ2n) is 5.65. The molecule has 0 saturated carbocycles. The summed E-state index contributed by atoms with van der Waals surface area (Å²) in [5, 5.41) is 14.3. The molecule has 6 heteroatoms. The lowest BCUT2D eigenvalue weighted by Gasteiger charge is -2.15. The van der Waals surface area contributed by atoms with Crippen LogP contribution in [0, 0.1) is 13.8 Å². The maximum atomic E-state index is 12.1. The van der Waals surface area contributed by atoms with Crippen molar-refractivity contribution in [3.63, 3.8) is 0 Å². The van der Waals surface area contributed by atoms with Gasteiger partial charge < -0.3 is 5.32 Å². The number of nitrogens with zero attached hydrogens (tertiary/aromatic N) is 3. The maximum Gasteiger partial charge on any atom is 0.220 e. The molecule has 1 atom stereocenters. The molecule has 120 valence electrons. The number of nitrogens with one attached hydrogen (secondary N) is 2. The molecule has 0 unspecified atom stereocenters. The number of carbonyl (C=O) groups is 1. The second-order valence-corrected chi connectivity index (χ2v) is 5.65. The zero-order chi connectivity index (χ0) is 16.1. The van der Waals surface area contributed by atoms with Gasteiger partial charge in [-0.25, -0.2) is 0 Å². The number of amides is 1. The summed E-state index contributed by atoms with van der Waals surface area (Å²) in [5.41, 5.74) is 4.39. The smallest absolute Gasteiger partial charge is 0.220 e. The van der Waals surface area contributed by atoms with E-state index in [4.69, 9.17) is 0 Å². The molecule has 0 aliphatic carbocycles. The average Bonchev–Trinajstić information content (AvgIpc) is 3.06. The van der Waals surface area contributed by atoms with Crippen molar-refractivity contribution in [2.75, 3.05) is 0 Å². The molecule has 1 amide bonds. The molecule has 0 aliphatic rings. The predicted octanol–water partition coefficient (Wildman–Crippen LogP) is 2.44. The molecule has 0 aliphatic heterocycles. The Labute approximate surface area is 131 Å². The molecule has 0 spiro atoms. The molecule has 0 radical (unpaired) electrons. The topological polar surface area (TPSA) is 75.6 Å². The Kier molecular flexibility index (Phi) is 5.35. The summed E-state index contributed by atoms with van der Waals surface area (Å²) in [6.07, 6.45) is 5.88. The van der Waals surface area contributed by atoms with Gasteiger partial charge in [0.05, 0.1) is 17.9 Å². The van der Waals surface area contributed by atoms with Gasteiger partial charge >= 0.3 is 0 Å². The van der Waals surface area contributed by atoms with Gasteiger partial charge in [0.15, 0.2) is 0 Å². The Balaban J connectivity index is 1.87. The number of hydrogen-bond donors (Lipinski definition) is 2. The summed E-state index contributed by atoms with van der Waals surface area (Å²) in [6, 6.07) is -0.0123. The number of aromatic nitrogens is 4. The van der Waals surface area contributed by atoms with E-state index >= 15 is 0 Å². The summed E-state index contributed by atoms with van der Waals surface area (Å²) < 4.78 is 1.98. The van der Waals surface area contributed by atoms with Gasteiger partial charge in [-0.05, 0) is 46.1 Å². The highest BCUT2D eigenvalue weighted by atomic mass is 16.1. The Bertz CT molecular complexity index is 615. The number of H-pyrrole nitrogens is 1. The van der Waals surface area contributed by atoms with E-state index in [9.17, 15) is 4.79 Å². The van der Waals surface area contributed by atoms with Crippen molar-refractivity contribution in [2.24, 2.45) is 0 Å². The van der Waals surface area contributed by atoms with Crippen LogP contribution in [-0.4, -0.2) is 25.9 Å². The highest BCUT2D eigenvalue weighted by Gasteiger charge is 2.18. The zero-order valence-corrected chi connectivity index (χ0v) is 13.8. The first-order valence-corrected chi connectivity index (χ1v) is 7.83. The van der Waals surface area contributed by atoms with Crippen LogP contribution in [0.2, 0.25) is 0 Å². The monoisotopic (exact) mass is 303 g/mol. The molecule has 22 heavy (non-hydrogen) atoms. The molecule has 2 rings (SSSR count). The minimum atomic E-state index is -0.0123. The van der Waals surface area contributed by atoms with Crippen LogP contribution < -0.4 is 5.32 Å². The molecular weight excluding hydrogens is 278 g/mol. The van der Waals surface area contributed by atoms with E-state index in [1.165, 1.54) is 0 Å². The minimum absolute atomic E-state index is 0.0123. The van der Waals surface area contributed by atoms with Crippen LogP contribution in [0.4, 0.5) is 0 Å². The van der Waals surface area contributed by atoms with Gasteiger partial charge in [-0.3, -0.25) is 14.6 Å². The lowest BCUT2D eigenvalue weighted by molar-refractivity contribution is -0.121. The molecule has 0 bridgehead atoms. The van der Waals surface area contributed by atoms with Gasteiger partial charge in [0.25, 0.3) is 0 Å². The van der Waals surface area contributed by atoms with E-state index in [0.717, 1.165) is 41.9 Å². The Morgan fingerprint density at radius 3 is 2.82 bits per heavy atom. The first kappa shape index (κ1) is 16.3. The van der Waals surface area contributed by atoms with E-state index in [2.05, 4.69) is 34.5 Å². The Morgan fingerprint density at radius 1 is 1.45 bits per heavy atom. The van der Waals surface area contributed by atoms with Crippen LogP contribution in [0.15, 0.2) is 12.4 Å². The largest absolute Gasteiger partial charge is 0.349 e. The summed E-state index contributed by atoms with van der Waals surface area (Å²) in [6.45, 7) is 8.99. The first-order valence-electron chi connectivity index (χ1n) is 7.83. The van der Waals surface area contributed by atoms with E-state index in [0.29, 0.717) is 6.42 Å². The van der Waals surface area contributed by atoms with Crippen molar-refractivity contribution < 1.29 is 4.79 Å². The highest BCUT2D eigenvalue weighted by Crippen LogP contribution is 2.21. The average molecular weight is 303 g/mol. The molecular formula is C16H25N5O. The number of aryl methyl sites for hydroxylation is 3. The van der Waals surface area contributed by atoms with E-state index < -0.39 is 0 Å². The fourth-order valence-corrected chi connectivity index (χ4v) is 2.90. The van der Waals surface area contributed by atoms with Gasteiger partial charge in [0.2, 0.25) is 5.91 Å². The normalized spacial score (nSPS) is 12.4. The number of hydrogen-bond acceptors (Lipinski definition) is 3.